The highest BCUT2D eigenvalue weighted by Gasteiger charge is 2.36. The maximum absolute atomic E-state index is 9.57. The van der Waals surface area contributed by atoms with E-state index in [1.807, 2.05) is 0 Å². The zero-order valence-electron chi connectivity index (χ0n) is 7.98. The minimum Gasteiger partial charge on any atom is -0.390 e. The molecule has 0 aromatic rings. The third-order valence-electron chi connectivity index (χ3n) is 2.49. The molecule has 1 fully saturated rings. The Kier molecular flexibility index (Phi) is 4.41. The van der Waals surface area contributed by atoms with Crippen LogP contribution in [0.1, 0.15) is 20.3 Å². The predicted octanol–water partition coefficient (Wildman–Crippen LogP) is 0.957. The van der Waals surface area contributed by atoms with Gasteiger partial charge in [-0.1, -0.05) is 36.4 Å². The van der Waals surface area contributed by atoms with Gasteiger partial charge in [0.25, 0.3) is 0 Å². The number of hydrogen-bond acceptors (Lipinski definition) is 3. The molecule has 1 aliphatic heterocycles. The third kappa shape index (κ3) is 2.78. The third-order valence-corrected chi connectivity index (χ3v) is 3.36. The Morgan fingerprint density at radius 1 is 1.46 bits per heavy atom. The van der Waals surface area contributed by atoms with Crippen molar-refractivity contribution in [2.24, 2.45) is 5.92 Å². The summed E-state index contributed by atoms with van der Waals surface area (Å²) in [6.07, 6.45) is -0.922. The maximum atomic E-state index is 9.57. The predicted molar refractivity (Wildman–Crippen MR) is 59.0 cm³/mol. The van der Waals surface area contributed by atoms with Crippen molar-refractivity contribution >= 4 is 22.6 Å². The quantitative estimate of drug-likeness (QED) is 0.590. The molecular weight excluding hydrogens is 283 g/mol. The van der Waals surface area contributed by atoms with Crippen LogP contribution in [0.2, 0.25) is 0 Å². The molecule has 4 unspecified atom stereocenters. The van der Waals surface area contributed by atoms with E-state index in [1.165, 1.54) is 0 Å². The highest BCUT2D eigenvalue weighted by Crippen LogP contribution is 2.25. The highest BCUT2D eigenvalue weighted by atomic mass is 127. The summed E-state index contributed by atoms with van der Waals surface area (Å²) < 4.78 is 6.38. The second kappa shape index (κ2) is 4.91. The first-order valence-corrected chi connectivity index (χ1v) is 6.16. The lowest BCUT2D eigenvalue weighted by Gasteiger charge is -2.38. The van der Waals surface area contributed by atoms with Crippen molar-refractivity contribution in [2.45, 2.75) is 44.7 Å². The summed E-state index contributed by atoms with van der Waals surface area (Å²) in [4.78, 5) is 0. The zero-order valence-corrected chi connectivity index (χ0v) is 10.1. The van der Waals surface area contributed by atoms with Crippen LogP contribution in [0.15, 0.2) is 0 Å². The first-order valence-electron chi connectivity index (χ1n) is 4.63. The van der Waals surface area contributed by atoms with E-state index >= 15 is 0 Å². The van der Waals surface area contributed by atoms with Crippen molar-refractivity contribution in [3.8, 4) is 0 Å². The first kappa shape index (κ1) is 11.7. The molecule has 0 bridgehead atoms. The summed E-state index contributed by atoms with van der Waals surface area (Å²) in [7, 11) is 0. The van der Waals surface area contributed by atoms with E-state index in [4.69, 9.17) is 4.74 Å². The Morgan fingerprint density at radius 2 is 2.08 bits per heavy atom. The lowest BCUT2D eigenvalue weighted by molar-refractivity contribution is -0.169. The van der Waals surface area contributed by atoms with E-state index in [0.29, 0.717) is 12.3 Å². The second-order valence-corrected chi connectivity index (χ2v) is 4.79. The van der Waals surface area contributed by atoms with Gasteiger partial charge in [0, 0.05) is 10.8 Å². The number of aliphatic hydroxyl groups is 2. The van der Waals surface area contributed by atoms with Crippen molar-refractivity contribution in [2.75, 3.05) is 4.43 Å². The van der Waals surface area contributed by atoms with Crippen LogP contribution < -0.4 is 0 Å². The molecule has 13 heavy (non-hydrogen) atoms. The zero-order chi connectivity index (χ0) is 10.0. The summed E-state index contributed by atoms with van der Waals surface area (Å²) >= 11 is 2.17. The molecule has 1 heterocycles. The van der Waals surface area contributed by atoms with Crippen molar-refractivity contribution in [1.29, 1.82) is 0 Å². The molecule has 78 valence electrons. The van der Waals surface area contributed by atoms with Crippen LogP contribution >= 0.6 is 22.6 Å². The van der Waals surface area contributed by atoms with Crippen molar-refractivity contribution in [3.05, 3.63) is 0 Å². The molecule has 1 aliphatic rings. The van der Waals surface area contributed by atoms with Gasteiger partial charge in [-0.2, -0.15) is 0 Å². The molecule has 0 radical (unpaired) electrons. The Labute approximate surface area is 92.6 Å². The monoisotopic (exact) mass is 300 g/mol. The van der Waals surface area contributed by atoms with Crippen LogP contribution in [0.5, 0.6) is 0 Å². The second-order valence-electron chi connectivity index (χ2n) is 3.90. The molecular formula is C9H17IO3. The van der Waals surface area contributed by atoms with E-state index in [2.05, 4.69) is 36.4 Å². The number of aliphatic hydroxyl groups excluding tert-OH is 2. The maximum Gasteiger partial charge on any atom is 0.107 e. The average Bonchev–Trinajstić information content (AvgIpc) is 2.09. The highest BCUT2D eigenvalue weighted by molar-refractivity contribution is 14.1. The van der Waals surface area contributed by atoms with Gasteiger partial charge < -0.3 is 14.9 Å². The number of rotatable bonds is 2. The summed E-state index contributed by atoms with van der Waals surface area (Å²) in [5.41, 5.74) is 0. The van der Waals surface area contributed by atoms with E-state index in [1.54, 1.807) is 0 Å². The van der Waals surface area contributed by atoms with E-state index in [-0.39, 0.29) is 12.2 Å². The van der Waals surface area contributed by atoms with Gasteiger partial charge in [0.15, 0.2) is 0 Å². The molecule has 0 aromatic heterocycles. The molecule has 0 aromatic carbocycles. The summed E-state index contributed by atoms with van der Waals surface area (Å²) in [5, 5.41) is 19.1. The molecule has 0 saturated carbocycles. The smallest absolute Gasteiger partial charge is 0.107 e. The first-order chi connectivity index (χ1) is 6.06. The topological polar surface area (TPSA) is 49.7 Å². The van der Waals surface area contributed by atoms with Gasteiger partial charge in [-0.3, -0.25) is 0 Å². The van der Waals surface area contributed by atoms with Crippen LogP contribution in [-0.4, -0.2) is 39.1 Å². The molecule has 0 spiro atoms. The lowest BCUT2D eigenvalue weighted by Crippen LogP contribution is -2.50. The van der Waals surface area contributed by atoms with Gasteiger partial charge in [0.2, 0.25) is 0 Å². The molecule has 2 N–H and O–H groups in total. The van der Waals surface area contributed by atoms with Crippen LogP contribution in [0, 0.1) is 5.92 Å². The number of ether oxygens (including phenoxy) is 1. The lowest BCUT2D eigenvalue weighted by atomic mass is 9.93. The van der Waals surface area contributed by atoms with E-state index < -0.39 is 12.2 Å². The van der Waals surface area contributed by atoms with Crippen LogP contribution in [0.4, 0.5) is 0 Å². The Balaban J connectivity index is 2.58. The molecule has 0 amide bonds. The van der Waals surface area contributed by atoms with Crippen molar-refractivity contribution in [3.63, 3.8) is 0 Å². The minimum atomic E-state index is -0.716. The number of hydrogen-bond donors (Lipinski definition) is 2. The molecule has 0 aliphatic carbocycles. The standard InChI is InChI=1S/C9H17IO3/c1-5(2)7-3-6(11)9(12)8(4-10)13-7/h5-9,11-12H,3-4H2,1-2H3. The van der Waals surface area contributed by atoms with Crippen LogP contribution in [-0.2, 0) is 4.74 Å². The van der Waals surface area contributed by atoms with Gasteiger partial charge in [0.05, 0.1) is 18.3 Å². The Morgan fingerprint density at radius 3 is 2.54 bits per heavy atom. The molecule has 1 saturated heterocycles. The minimum absolute atomic E-state index is 0.0816. The summed E-state index contributed by atoms with van der Waals surface area (Å²) in [5.74, 6) is 0.396. The number of alkyl halides is 1. The van der Waals surface area contributed by atoms with Gasteiger partial charge in [-0.25, -0.2) is 0 Å². The molecule has 1 rings (SSSR count). The average molecular weight is 300 g/mol. The van der Waals surface area contributed by atoms with Crippen molar-refractivity contribution in [1.82, 2.24) is 0 Å². The largest absolute Gasteiger partial charge is 0.390 e. The van der Waals surface area contributed by atoms with E-state index in [0.717, 1.165) is 4.43 Å². The van der Waals surface area contributed by atoms with Gasteiger partial charge >= 0.3 is 0 Å². The van der Waals surface area contributed by atoms with Gasteiger partial charge in [-0.05, 0) is 5.92 Å². The fourth-order valence-corrected chi connectivity index (χ4v) is 2.27. The van der Waals surface area contributed by atoms with Gasteiger partial charge in [0.1, 0.15) is 6.10 Å². The van der Waals surface area contributed by atoms with E-state index in [9.17, 15) is 10.2 Å². The molecule has 4 atom stereocenters. The van der Waals surface area contributed by atoms with Gasteiger partial charge in [-0.15, -0.1) is 0 Å². The SMILES string of the molecule is CC(C)C1CC(O)C(O)C(CI)O1. The fraction of sp³-hybridized carbons (Fsp3) is 1.00. The summed E-state index contributed by atoms with van der Waals surface area (Å²) in [6.45, 7) is 4.14. The summed E-state index contributed by atoms with van der Waals surface area (Å²) in [6, 6.07) is 0. The molecule has 4 heteroatoms. The Hall–Kier alpha value is 0.610. The Bertz CT molecular complexity index is 163. The normalized spacial score (nSPS) is 41.1. The fourth-order valence-electron chi connectivity index (χ4n) is 1.54. The van der Waals surface area contributed by atoms with Crippen molar-refractivity contribution < 1.29 is 14.9 Å². The van der Waals surface area contributed by atoms with Crippen LogP contribution in [0.25, 0.3) is 0 Å². The number of halogens is 1. The van der Waals surface area contributed by atoms with Crippen LogP contribution in [0.3, 0.4) is 0 Å². The molecule has 3 nitrogen and oxygen atoms in total.